The van der Waals surface area contributed by atoms with Crippen LogP contribution in [0.5, 0.6) is 0 Å². The summed E-state index contributed by atoms with van der Waals surface area (Å²) in [4.78, 5) is 9.00. The van der Waals surface area contributed by atoms with E-state index in [1.54, 1.807) is 0 Å². The third kappa shape index (κ3) is 78.0. The second-order valence-electron chi connectivity index (χ2n) is 0.519. The third-order valence-electron chi connectivity index (χ3n) is 0. The molecular weight excluding hydrogens is 352 g/mol. The number of carboxylic acid groups (broad SMARTS) is 1. The average molecular weight is 359 g/mol. The maximum Gasteiger partial charge on any atom is 2.00 e. The van der Waals surface area contributed by atoms with Gasteiger partial charge in [-0.2, -0.15) is 0 Å². The molecule has 0 fully saturated rings. The summed E-state index contributed by atoms with van der Waals surface area (Å²) in [5.74, 6) is -0.833. The van der Waals surface area contributed by atoms with E-state index >= 15 is 0 Å². The zero-order valence-corrected chi connectivity index (χ0v) is 11.1. The van der Waals surface area contributed by atoms with Crippen LogP contribution in [0.2, 0.25) is 0 Å². The predicted octanol–water partition coefficient (Wildman–Crippen LogP) is -0.0699. The first-order valence-corrected chi connectivity index (χ1v) is 0.928. The minimum atomic E-state index is -0.833. The van der Waals surface area contributed by atoms with Gasteiger partial charge >= 0.3 is 23.1 Å². The van der Waals surface area contributed by atoms with E-state index in [0.717, 1.165) is 6.92 Å². The second-order valence-corrected chi connectivity index (χ2v) is 0.519. The first-order valence-electron chi connectivity index (χ1n) is 0.928. The van der Waals surface area contributed by atoms with Crippen molar-refractivity contribution in [1.82, 2.24) is 0 Å². The molecule has 0 aliphatic carbocycles. The molecule has 0 amide bonds. The van der Waals surface area contributed by atoms with Crippen LogP contribution in [0.25, 0.3) is 0 Å². The molecule has 0 unspecified atom stereocenters. The fourth-order valence-corrected chi connectivity index (χ4v) is 0. The van der Waals surface area contributed by atoms with E-state index in [2.05, 4.69) is 0 Å². The van der Waals surface area contributed by atoms with Crippen LogP contribution in [0.4, 0.5) is 0 Å². The summed E-state index contributed by atoms with van der Waals surface area (Å²) in [7, 11) is 0. The van der Waals surface area contributed by atoms with Gasteiger partial charge in [-0.3, -0.25) is 4.79 Å². The maximum atomic E-state index is 9.00. The minimum Gasteiger partial charge on any atom is -1.00 e. The van der Waals surface area contributed by atoms with Crippen LogP contribution in [0, 0.1) is 0 Å². The summed E-state index contributed by atoms with van der Waals surface area (Å²) in [6.45, 7) is 1.08. The van der Waals surface area contributed by atoms with Crippen molar-refractivity contribution in [3.05, 3.63) is 0 Å². The van der Waals surface area contributed by atoms with Gasteiger partial charge in [0.25, 0.3) is 5.97 Å². The zero-order chi connectivity index (χ0) is 3.58. The minimum absolute atomic E-state index is 0. The Morgan fingerprint density at radius 2 is 1.71 bits per heavy atom. The van der Waals surface area contributed by atoms with Crippen molar-refractivity contribution in [1.29, 1.82) is 0 Å². The van der Waals surface area contributed by atoms with Crippen LogP contribution < -0.4 is 0 Å². The van der Waals surface area contributed by atoms with Gasteiger partial charge in [0.2, 0.25) is 0 Å². The predicted molar refractivity (Wildman–Crippen MR) is 21.3 cm³/mol. The van der Waals surface area contributed by atoms with Crippen LogP contribution in [0.3, 0.4) is 0 Å². The quantitative estimate of drug-likeness (QED) is 0.616. The summed E-state index contributed by atoms with van der Waals surface area (Å²) in [5, 5.41) is 7.42. The van der Waals surface area contributed by atoms with E-state index in [1.165, 1.54) is 0 Å². The molecule has 5 heteroatoms. The molecule has 1 radical (unpaired) electrons. The summed E-state index contributed by atoms with van der Waals surface area (Å²) in [5.41, 5.74) is 0. The Labute approximate surface area is 96.2 Å². The maximum absolute atomic E-state index is 9.00. The van der Waals surface area contributed by atoms with Gasteiger partial charge in [0, 0.05) is 55.5 Å². The standard InChI is InChI=1S/C2H4O2.Mg.Ta.Zr.2H/c1-2(3)4;;;;;/h1H3,(H,3,4);;;;;/q;+2;;;2*-1. The Bertz CT molecular complexity index is 45.5. The summed E-state index contributed by atoms with van der Waals surface area (Å²) < 4.78 is 0. The Hall–Kier alpha value is 1.86. The largest absolute Gasteiger partial charge is 2.00 e. The van der Waals surface area contributed by atoms with E-state index in [1.807, 2.05) is 0 Å². The SMILES string of the molecule is CC(=O)O.[H-].[H-].[Mg+2].[Ta].[Zr]. The van der Waals surface area contributed by atoms with Crippen LogP contribution in [-0.4, -0.2) is 34.1 Å². The van der Waals surface area contributed by atoms with E-state index in [-0.39, 0.29) is 74.5 Å². The molecule has 0 aromatic heterocycles. The number of hydrogen-bond acceptors (Lipinski definition) is 1. The molecule has 37 valence electrons. The Morgan fingerprint density at radius 1 is 1.71 bits per heavy atom. The smallest absolute Gasteiger partial charge is 1.00 e. The van der Waals surface area contributed by atoms with Gasteiger partial charge < -0.3 is 7.96 Å². The van der Waals surface area contributed by atoms with E-state index in [9.17, 15) is 0 Å². The number of hydrogen-bond donors (Lipinski definition) is 1. The normalized spacial score (nSPS) is 3.57. The van der Waals surface area contributed by atoms with Gasteiger partial charge in [-0.1, -0.05) is 0 Å². The Morgan fingerprint density at radius 3 is 1.71 bits per heavy atom. The number of carboxylic acids is 1. The summed E-state index contributed by atoms with van der Waals surface area (Å²) in [6.07, 6.45) is 0. The number of rotatable bonds is 0. The van der Waals surface area contributed by atoms with Crippen molar-refractivity contribution in [3.8, 4) is 0 Å². The topological polar surface area (TPSA) is 37.3 Å². The van der Waals surface area contributed by atoms with E-state index in [0.29, 0.717) is 0 Å². The van der Waals surface area contributed by atoms with Crippen LogP contribution >= 0.6 is 0 Å². The first kappa shape index (κ1) is 23.2. The van der Waals surface area contributed by atoms with Crippen molar-refractivity contribution in [2.24, 2.45) is 0 Å². The Kier molecular flexibility index (Phi) is 51.8. The molecule has 0 saturated carbocycles. The molecule has 0 rings (SSSR count). The average Bonchev–Trinajstić information content (AvgIpc) is 0.811. The molecule has 0 aliphatic rings. The molecule has 0 spiro atoms. The zero-order valence-electron chi connectivity index (χ0n) is 6.01. The molecule has 2 nitrogen and oxygen atoms in total. The third-order valence-corrected chi connectivity index (χ3v) is 0. The number of carbonyl (C=O) groups is 1. The van der Waals surface area contributed by atoms with Crippen molar-refractivity contribution >= 4 is 29.0 Å². The molecular formula is C2H6MgO2TaZr. The van der Waals surface area contributed by atoms with Crippen molar-refractivity contribution < 1.29 is 61.3 Å². The molecule has 0 aromatic rings. The van der Waals surface area contributed by atoms with E-state index < -0.39 is 5.97 Å². The van der Waals surface area contributed by atoms with Crippen molar-refractivity contribution in [2.75, 3.05) is 0 Å². The fourth-order valence-electron chi connectivity index (χ4n) is 0. The molecule has 0 heterocycles. The van der Waals surface area contributed by atoms with Crippen LogP contribution in [0.15, 0.2) is 0 Å². The fraction of sp³-hybridized carbons (Fsp3) is 0.500. The molecule has 0 saturated heterocycles. The Balaban J connectivity index is -0.00000000450. The molecule has 0 aliphatic heterocycles. The molecule has 0 aromatic carbocycles. The van der Waals surface area contributed by atoms with Crippen LogP contribution in [-0.2, 0) is 53.4 Å². The molecule has 0 bridgehead atoms. The molecule has 1 N–H and O–H groups in total. The van der Waals surface area contributed by atoms with Gasteiger partial charge in [0.15, 0.2) is 0 Å². The van der Waals surface area contributed by atoms with Crippen LogP contribution in [0.1, 0.15) is 9.78 Å². The van der Waals surface area contributed by atoms with Gasteiger partial charge in [-0.25, -0.2) is 0 Å². The van der Waals surface area contributed by atoms with E-state index in [4.69, 9.17) is 9.90 Å². The van der Waals surface area contributed by atoms with Crippen molar-refractivity contribution in [2.45, 2.75) is 6.92 Å². The summed E-state index contributed by atoms with van der Waals surface area (Å²) in [6, 6.07) is 0. The second kappa shape index (κ2) is 15.7. The van der Waals surface area contributed by atoms with Gasteiger partial charge in [-0.15, -0.1) is 0 Å². The van der Waals surface area contributed by atoms with Gasteiger partial charge in [0.1, 0.15) is 0 Å². The molecule has 7 heavy (non-hydrogen) atoms. The van der Waals surface area contributed by atoms with Crippen molar-refractivity contribution in [3.63, 3.8) is 0 Å². The van der Waals surface area contributed by atoms with Gasteiger partial charge in [0.05, 0.1) is 0 Å². The first-order chi connectivity index (χ1) is 1.73. The molecule has 0 atom stereocenters. The number of aliphatic carboxylic acids is 1. The summed E-state index contributed by atoms with van der Waals surface area (Å²) >= 11 is 0. The van der Waals surface area contributed by atoms with Gasteiger partial charge in [-0.05, 0) is 0 Å². The monoisotopic (exact) mass is 357 g/mol.